The van der Waals surface area contributed by atoms with E-state index < -0.39 is 12.1 Å². The standard InChI is InChI=1S/C21H25N5O2S2/c1-4-12-25(14(2)19(27)22-16-9-6-5-7-10-16)20(28)15(3)26-18(23-24-21(26)29)17-11-8-13-30-17/h5-11,13-15H,4,12H2,1-3H3,(H,22,27)(H,24,29). The number of benzene rings is 1. The minimum Gasteiger partial charge on any atom is -0.329 e. The Hall–Kier alpha value is -2.78. The average Bonchev–Trinajstić information content (AvgIpc) is 3.40. The number of carbonyl (C=O) groups is 2. The number of para-hydroxylation sites is 1. The molecule has 2 unspecified atom stereocenters. The van der Waals surface area contributed by atoms with Crippen LogP contribution in [0.25, 0.3) is 10.7 Å². The molecule has 0 aliphatic rings. The molecule has 0 radical (unpaired) electrons. The van der Waals surface area contributed by atoms with E-state index in [0.717, 1.165) is 11.3 Å². The molecular weight excluding hydrogens is 418 g/mol. The van der Waals surface area contributed by atoms with Gasteiger partial charge in [0.1, 0.15) is 12.1 Å². The highest BCUT2D eigenvalue weighted by Crippen LogP contribution is 2.26. The third-order valence-electron chi connectivity index (χ3n) is 4.83. The molecule has 158 valence electrons. The van der Waals surface area contributed by atoms with Crippen LogP contribution in [0, 0.1) is 4.77 Å². The molecule has 3 aromatic rings. The number of thiophene rings is 1. The Bertz CT molecular complexity index is 1040. The minimum atomic E-state index is -0.633. The van der Waals surface area contributed by atoms with E-state index in [2.05, 4.69) is 15.5 Å². The zero-order valence-electron chi connectivity index (χ0n) is 17.2. The van der Waals surface area contributed by atoms with E-state index >= 15 is 0 Å². The van der Waals surface area contributed by atoms with Gasteiger partial charge >= 0.3 is 0 Å². The summed E-state index contributed by atoms with van der Waals surface area (Å²) in [5.74, 6) is 0.209. The summed E-state index contributed by atoms with van der Waals surface area (Å²) in [7, 11) is 0. The quantitative estimate of drug-likeness (QED) is 0.502. The van der Waals surface area contributed by atoms with E-state index in [0.29, 0.717) is 22.8 Å². The zero-order valence-corrected chi connectivity index (χ0v) is 18.8. The first-order valence-corrected chi connectivity index (χ1v) is 11.1. The van der Waals surface area contributed by atoms with Crippen molar-refractivity contribution < 1.29 is 9.59 Å². The molecule has 2 heterocycles. The van der Waals surface area contributed by atoms with Gasteiger partial charge in [-0.1, -0.05) is 31.2 Å². The number of anilines is 1. The van der Waals surface area contributed by atoms with Gasteiger partial charge in [-0.2, -0.15) is 5.10 Å². The summed E-state index contributed by atoms with van der Waals surface area (Å²) in [6.07, 6.45) is 0.732. The third-order valence-corrected chi connectivity index (χ3v) is 5.98. The Morgan fingerprint density at radius 1 is 1.23 bits per heavy atom. The van der Waals surface area contributed by atoms with Gasteiger partial charge in [-0.05, 0) is 56.1 Å². The molecule has 7 nitrogen and oxygen atoms in total. The predicted molar refractivity (Wildman–Crippen MR) is 122 cm³/mol. The van der Waals surface area contributed by atoms with Crippen molar-refractivity contribution in [1.29, 1.82) is 0 Å². The van der Waals surface area contributed by atoms with Crippen molar-refractivity contribution in [3.63, 3.8) is 0 Å². The van der Waals surface area contributed by atoms with Gasteiger partial charge in [0.2, 0.25) is 11.8 Å². The van der Waals surface area contributed by atoms with Gasteiger partial charge in [0.15, 0.2) is 10.6 Å². The van der Waals surface area contributed by atoms with Crippen LogP contribution in [0.4, 0.5) is 5.69 Å². The Balaban J connectivity index is 1.84. The molecule has 2 atom stereocenters. The van der Waals surface area contributed by atoms with E-state index in [1.807, 2.05) is 54.8 Å². The van der Waals surface area contributed by atoms with Crippen LogP contribution in [-0.2, 0) is 9.59 Å². The summed E-state index contributed by atoms with van der Waals surface area (Å²) in [5, 5.41) is 11.9. The highest BCUT2D eigenvalue weighted by Gasteiger charge is 2.31. The van der Waals surface area contributed by atoms with Crippen molar-refractivity contribution in [3.05, 3.63) is 52.6 Å². The smallest absolute Gasteiger partial charge is 0.246 e. The predicted octanol–water partition coefficient (Wildman–Crippen LogP) is 4.50. The second kappa shape index (κ2) is 9.82. The lowest BCUT2D eigenvalue weighted by molar-refractivity contribution is -0.140. The summed E-state index contributed by atoms with van der Waals surface area (Å²) in [5.41, 5.74) is 0.698. The molecule has 0 fully saturated rings. The fourth-order valence-electron chi connectivity index (χ4n) is 3.24. The van der Waals surface area contributed by atoms with Crippen LogP contribution in [0.2, 0.25) is 0 Å². The molecule has 30 heavy (non-hydrogen) atoms. The molecule has 2 amide bonds. The van der Waals surface area contributed by atoms with Crippen molar-refractivity contribution in [2.45, 2.75) is 39.3 Å². The second-order valence-corrected chi connectivity index (χ2v) is 8.27. The number of aromatic nitrogens is 3. The highest BCUT2D eigenvalue weighted by molar-refractivity contribution is 7.71. The Morgan fingerprint density at radius 2 is 1.97 bits per heavy atom. The number of nitrogens with zero attached hydrogens (tertiary/aromatic N) is 3. The fourth-order valence-corrected chi connectivity index (χ4v) is 4.24. The van der Waals surface area contributed by atoms with Crippen LogP contribution >= 0.6 is 23.6 Å². The van der Waals surface area contributed by atoms with Gasteiger partial charge in [0.05, 0.1) is 4.88 Å². The van der Waals surface area contributed by atoms with Gasteiger partial charge in [-0.3, -0.25) is 19.3 Å². The lowest BCUT2D eigenvalue weighted by Gasteiger charge is -2.31. The first kappa shape index (κ1) is 21.9. The highest BCUT2D eigenvalue weighted by atomic mass is 32.1. The molecule has 2 N–H and O–H groups in total. The second-order valence-electron chi connectivity index (χ2n) is 6.94. The number of aromatic amines is 1. The van der Waals surface area contributed by atoms with Gasteiger partial charge < -0.3 is 10.2 Å². The molecule has 0 saturated carbocycles. The molecule has 0 spiro atoms. The molecule has 2 aromatic heterocycles. The van der Waals surface area contributed by atoms with Gasteiger partial charge in [0.25, 0.3) is 0 Å². The van der Waals surface area contributed by atoms with E-state index in [1.54, 1.807) is 23.3 Å². The van der Waals surface area contributed by atoms with Crippen LogP contribution in [0.5, 0.6) is 0 Å². The van der Waals surface area contributed by atoms with Crippen LogP contribution < -0.4 is 5.32 Å². The van der Waals surface area contributed by atoms with E-state index in [9.17, 15) is 9.59 Å². The summed E-state index contributed by atoms with van der Waals surface area (Å²) in [6.45, 7) is 5.97. The average molecular weight is 444 g/mol. The summed E-state index contributed by atoms with van der Waals surface area (Å²) >= 11 is 6.92. The molecular formula is C21H25N5O2S2. The van der Waals surface area contributed by atoms with Crippen LogP contribution in [0.1, 0.15) is 33.2 Å². The number of H-pyrrole nitrogens is 1. The first-order valence-electron chi connectivity index (χ1n) is 9.81. The third kappa shape index (κ3) is 4.68. The lowest BCUT2D eigenvalue weighted by Crippen LogP contribution is -2.48. The number of carbonyl (C=O) groups excluding carboxylic acids is 2. The van der Waals surface area contributed by atoms with Crippen molar-refractivity contribution in [3.8, 4) is 10.7 Å². The maximum absolute atomic E-state index is 13.4. The molecule has 1 aromatic carbocycles. The zero-order chi connectivity index (χ0) is 21.7. The number of rotatable bonds is 8. The van der Waals surface area contributed by atoms with E-state index in [-0.39, 0.29) is 11.8 Å². The summed E-state index contributed by atoms with van der Waals surface area (Å²) in [6, 6.07) is 11.8. The number of hydrogen-bond donors (Lipinski definition) is 2. The van der Waals surface area contributed by atoms with Crippen LogP contribution in [-0.4, -0.2) is 44.1 Å². The Kier molecular flexibility index (Phi) is 7.17. The van der Waals surface area contributed by atoms with E-state index in [4.69, 9.17) is 12.2 Å². The van der Waals surface area contributed by atoms with Gasteiger partial charge in [0, 0.05) is 12.2 Å². The molecule has 0 aliphatic carbocycles. The lowest BCUT2D eigenvalue weighted by atomic mass is 10.1. The maximum atomic E-state index is 13.4. The van der Waals surface area contributed by atoms with Gasteiger partial charge in [-0.15, -0.1) is 11.3 Å². The van der Waals surface area contributed by atoms with Gasteiger partial charge in [-0.25, -0.2) is 0 Å². The Morgan fingerprint density at radius 3 is 2.60 bits per heavy atom. The Labute approximate surface area is 184 Å². The molecule has 3 rings (SSSR count). The molecule has 0 aliphatic heterocycles. The molecule has 9 heteroatoms. The normalized spacial score (nSPS) is 12.9. The fraction of sp³-hybridized carbons (Fsp3) is 0.333. The minimum absolute atomic E-state index is 0.178. The van der Waals surface area contributed by atoms with Crippen molar-refractivity contribution in [2.75, 3.05) is 11.9 Å². The first-order chi connectivity index (χ1) is 14.4. The van der Waals surface area contributed by atoms with Crippen molar-refractivity contribution >= 4 is 41.1 Å². The summed E-state index contributed by atoms with van der Waals surface area (Å²) in [4.78, 5) is 28.8. The summed E-state index contributed by atoms with van der Waals surface area (Å²) < 4.78 is 2.09. The SMILES string of the molecule is CCCN(C(=O)C(C)n1c(-c2cccs2)n[nH]c1=S)C(C)C(=O)Nc1ccccc1. The topological polar surface area (TPSA) is 83.0 Å². The molecule has 0 bridgehead atoms. The largest absolute Gasteiger partial charge is 0.329 e. The van der Waals surface area contributed by atoms with E-state index in [1.165, 1.54) is 11.3 Å². The molecule has 0 saturated heterocycles. The van der Waals surface area contributed by atoms with Crippen LogP contribution in [0.3, 0.4) is 0 Å². The number of amides is 2. The maximum Gasteiger partial charge on any atom is 0.246 e. The number of nitrogens with one attached hydrogen (secondary N) is 2. The van der Waals surface area contributed by atoms with Crippen molar-refractivity contribution in [2.24, 2.45) is 0 Å². The van der Waals surface area contributed by atoms with Crippen molar-refractivity contribution in [1.82, 2.24) is 19.7 Å². The van der Waals surface area contributed by atoms with Crippen LogP contribution in [0.15, 0.2) is 47.8 Å². The number of hydrogen-bond acceptors (Lipinski definition) is 5. The monoisotopic (exact) mass is 443 g/mol.